The number of nitrogens with zero attached hydrogens (tertiary/aromatic N) is 3. The molecule has 0 unspecified atom stereocenters. The van der Waals surface area contributed by atoms with Crippen molar-refractivity contribution in [3.63, 3.8) is 0 Å². The molecule has 0 radical (unpaired) electrons. The monoisotopic (exact) mass is 388 g/mol. The van der Waals surface area contributed by atoms with Gasteiger partial charge in [-0.15, -0.1) is 10.2 Å². The van der Waals surface area contributed by atoms with Gasteiger partial charge in [-0.2, -0.15) is 0 Å². The van der Waals surface area contributed by atoms with E-state index in [2.05, 4.69) is 49.8 Å². The lowest BCUT2D eigenvalue weighted by Gasteiger charge is -2.08. The topological polar surface area (TPSA) is 56.7 Å². The van der Waals surface area contributed by atoms with Crippen molar-refractivity contribution in [2.75, 3.05) is 5.73 Å². The Hall–Kier alpha value is -1.79. The zero-order valence-electron chi connectivity index (χ0n) is 12.7. The molecule has 0 saturated heterocycles. The summed E-state index contributed by atoms with van der Waals surface area (Å²) in [7, 11) is 0. The van der Waals surface area contributed by atoms with E-state index in [9.17, 15) is 0 Å². The van der Waals surface area contributed by atoms with Crippen LogP contribution in [-0.4, -0.2) is 14.8 Å². The molecule has 0 saturated carbocycles. The maximum atomic E-state index is 5.75. The molecule has 3 rings (SSSR count). The predicted molar refractivity (Wildman–Crippen MR) is 99.2 cm³/mol. The molecule has 0 bridgehead atoms. The molecule has 4 nitrogen and oxygen atoms in total. The summed E-state index contributed by atoms with van der Waals surface area (Å²) < 4.78 is 3.23. The number of nitrogen functional groups attached to an aromatic ring is 1. The molecule has 0 aliphatic heterocycles. The van der Waals surface area contributed by atoms with Gasteiger partial charge in [0.1, 0.15) is 0 Å². The van der Waals surface area contributed by atoms with Crippen molar-refractivity contribution in [3.8, 4) is 11.4 Å². The lowest BCUT2D eigenvalue weighted by Crippen LogP contribution is -2.00. The minimum Gasteiger partial charge on any atom is -0.399 e. The van der Waals surface area contributed by atoms with Crippen LogP contribution in [0.25, 0.3) is 11.4 Å². The van der Waals surface area contributed by atoms with Gasteiger partial charge in [-0.1, -0.05) is 39.8 Å². The molecular weight excluding hydrogens is 372 g/mol. The Kier molecular flexibility index (Phi) is 5.03. The number of anilines is 1. The van der Waals surface area contributed by atoms with Crippen LogP contribution in [0.5, 0.6) is 0 Å². The van der Waals surface area contributed by atoms with Gasteiger partial charge in [0, 0.05) is 28.0 Å². The predicted octanol–water partition coefficient (Wildman–Crippen LogP) is 4.60. The SMILES string of the molecule is CCn1c(SCc2cccc(Br)c2)nnc1-c1ccc(N)cc1. The molecule has 6 heteroatoms. The maximum absolute atomic E-state index is 5.75. The van der Waals surface area contributed by atoms with Crippen molar-refractivity contribution in [1.29, 1.82) is 0 Å². The Labute approximate surface area is 148 Å². The Balaban J connectivity index is 1.82. The van der Waals surface area contributed by atoms with Crippen molar-refractivity contribution in [2.45, 2.75) is 24.4 Å². The van der Waals surface area contributed by atoms with Gasteiger partial charge in [-0.3, -0.25) is 0 Å². The van der Waals surface area contributed by atoms with E-state index in [0.29, 0.717) is 0 Å². The van der Waals surface area contributed by atoms with Crippen LogP contribution in [0.4, 0.5) is 5.69 Å². The van der Waals surface area contributed by atoms with Gasteiger partial charge in [-0.25, -0.2) is 0 Å². The van der Waals surface area contributed by atoms with Crippen LogP contribution < -0.4 is 5.73 Å². The number of hydrogen-bond acceptors (Lipinski definition) is 4. The van der Waals surface area contributed by atoms with E-state index in [1.54, 1.807) is 11.8 Å². The fourth-order valence-electron chi connectivity index (χ4n) is 2.30. The van der Waals surface area contributed by atoms with E-state index < -0.39 is 0 Å². The summed E-state index contributed by atoms with van der Waals surface area (Å²) in [5, 5.41) is 9.64. The molecule has 118 valence electrons. The number of halogens is 1. The first-order chi connectivity index (χ1) is 11.2. The van der Waals surface area contributed by atoms with Crippen LogP contribution in [-0.2, 0) is 12.3 Å². The van der Waals surface area contributed by atoms with Crippen LogP contribution in [0.2, 0.25) is 0 Å². The third-order valence-corrected chi connectivity index (χ3v) is 4.99. The molecule has 1 heterocycles. The lowest BCUT2D eigenvalue weighted by atomic mass is 10.2. The molecule has 0 amide bonds. The van der Waals surface area contributed by atoms with Crippen molar-refractivity contribution in [2.24, 2.45) is 0 Å². The van der Waals surface area contributed by atoms with Gasteiger partial charge in [-0.05, 0) is 48.9 Å². The number of aromatic nitrogens is 3. The Bertz CT molecular complexity index is 799. The smallest absolute Gasteiger partial charge is 0.191 e. The quantitative estimate of drug-likeness (QED) is 0.512. The third-order valence-electron chi connectivity index (χ3n) is 3.46. The fourth-order valence-corrected chi connectivity index (χ4v) is 3.69. The molecular formula is C17H17BrN4S. The average Bonchev–Trinajstić information content (AvgIpc) is 2.96. The number of thioether (sulfide) groups is 1. The van der Waals surface area contributed by atoms with E-state index in [0.717, 1.165) is 39.0 Å². The largest absolute Gasteiger partial charge is 0.399 e. The van der Waals surface area contributed by atoms with Crippen LogP contribution in [0.1, 0.15) is 12.5 Å². The van der Waals surface area contributed by atoms with Gasteiger partial charge >= 0.3 is 0 Å². The van der Waals surface area contributed by atoms with Gasteiger partial charge in [0.25, 0.3) is 0 Å². The van der Waals surface area contributed by atoms with Crippen LogP contribution >= 0.6 is 27.7 Å². The second-order valence-electron chi connectivity index (χ2n) is 5.09. The molecule has 23 heavy (non-hydrogen) atoms. The molecule has 0 atom stereocenters. The van der Waals surface area contributed by atoms with Gasteiger partial charge in [0.15, 0.2) is 11.0 Å². The molecule has 0 aliphatic carbocycles. The number of nitrogens with two attached hydrogens (primary N) is 1. The maximum Gasteiger partial charge on any atom is 0.191 e. The second-order valence-corrected chi connectivity index (χ2v) is 6.95. The normalized spacial score (nSPS) is 10.9. The molecule has 2 N–H and O–H groups in total. The van der Waals surface area contributed by atoms with E-state index in [1.165, 1.54) is 5.56 Å². The highest BCUT2D eigenvalue weighted by Gasteiger charge is 2.13. The Morgan fingerprint density at radius 3 is 2.61 bits per heavy atom. The van der Waals surface area contributed by atoms with Crippen molar-refractivity contribution in [3.05, 3.63) is 58.6 Å². The zero-order valence-corrected chi connectivity index (χ0v) is 15.1. The summed E-state index contributed by atoms with van der Waals surface area (Å²) in [6.45, 7) is 2.93. The minimum atomic E-state index is 0.751. The fraction of sp³-hybridized carbons (Fsp3) is 0.176. The van der Waals surface area contributed by atoms with E-state index in [-0.39, 0.29) is 0 Å². The summed E-state index contributed by atoms with van der Waals surface area (Å²) in [5.41, 5.74) is 8.79. The lowest BCUT2D eigenvalue weighted by molar-refractivity contribution is 0.687. The minimum absolute atomic E-state index is 0.751. The van der Waals surface area contributed by atoms with Gasteiger partial charge in [0.2, 0.25) is 0 Å². The molecule has 3 aromatic rings. The van der Waals surface area contributed by atoms with Crippen LogP contribution in [0.3, 0.4) is 0 Å². The van der Waals surface area contributed by atoms with Crippen molar-refractivity contribution >= 4 is 33.4 Å². The first-order valence-electron chi connectivity index (χ1n) is 7.33. The highest BCUT2D eigenvalue weighted by molar-refractivity contribution is 9.10. The standard InChI is InChI=1S/C17H17BrN4S/c1-2-22-16(13-6-8-15(19)9-7-13)20-21-17(22)23-11-12-4-3-5-14(18)10-12/h3-10H,2,11,19H2,1H3. The Morgan fingerprint density at radius 2 is 1.91 bits per heavy atom. The van der Waals surface area contributed by atoms with E-state index >= 15 is 0 Å². The number of hydrogen-bond donors (Lipinski definition) is 1. The molecule has 0 fully saturated rings. The molecule has 1 aromatic heterocycles. The zero-order chi connectivity index (χ0) is 16.2. The molecule has 2 aromatic carbocycles. The average molecular weight is 389 g/mol. The van der Waals surface area contributed by atoms with Gasteiger partial charge < -0.3 is 10.3 Å². The second kappa shape index (κ2) is 7.19. The van der Waals surface area contributed by atoms with E-state index in [1.807, 2.05) is 36.4 Å². The highest BCUT2D eigenvalue weighted by atomic mass is 79.9. The summed E-state index contributed by atoms with van der Waals surface area (Å²) in [6.07, 6.45) is 0. The van der Waals surface area contributed by atoms with Crippen LogP contribution in [0, 0.1) is 0 Å². The first kappa shape index (κ1) is 16.1. The summed E-state index contributed by atoms with van der Waals surface area (Å²) in [5.74, 6) is 1.74. The summed E-state index contributed by atoms with van der Waals surface area (Å²) >= 11 is 5.20. The third kappa shape index (κ3) is 3.76. The van der Waals surface area contributed by atoms with E-state index in [4.69, 9.17) is 5.73 Å². The molecule has 0 spiro atoms. The number of rotatable bonds is 5. The van der Waals surface area contributed by atoms with Crippen molar-refractivity contribution < 1.29 is 0 Å². The first-order valence-corrected chi connectivity index (χ1v) is 9.11. The van der Waals surface area contributed by atoms with Crippen LogP contribution in [0.15, 0.2) is 58.2 Å². The summed E-state index contributed by atoms with van der Waals surface area (Å²) in [6, 6.07) is 16.1. The Morgan fingerprint density at radius 1 is 1.13 bits per heavy atom. The summed E-state index contributed by atoms with van der Waals surface area (Å²) in [4.78, 5) is 0. The van der Waals surface area contributed by atoms with Crippen molar-refractivity contribution in [1.82, 2.24) is 14.8 Å². The molecule has 0 aliphatic rings. The van der Waals surface area contributed by atoms with Gasteiger partial charge in [0.05, 0.1) is 0 Å². The number of benzene rings is 2. The highest BCUT2D eigenvalue weighted by Crippen LogP contribution is 2.27.